The zero-order valence-corrected chi connectivity index (χ0v) is 6.37. The van der Waals surface area contributed by atoms with E-state index in [-0.39, 0.29) is 0 Å². The van der Waals surface area contributed by atoms with Crippen LogP contribution in [0.2, 0.25) is 0 Å². The maximum Gasteiger partial charge on any atom is 0.360 e. The summed E-state index contributed by atoms with van der Waals surface area (Å²) in [7, 11) is 0. The van der Waals surface area contributed by atoms with Crippen molar-refractivity contribution in [1.82, 2.24) is 0 Å². The van der Waals surface area contributed by atoms with E-state index in [1.165, 1.54) is 5.56 Å². The Bertz CT molecular complexity index is 379. The zero-order chi connectivity index (χ0) is 7.68. The van der Waals surface area contributed by atoms with Crippen molar-refractivity contribution in [2.75, 3.05) is 0 Å². The van der Waals surface area contributed by atoms with E-state index in [0.29, 0.717) is 0 Å². The van der Waals surface area contributed by atoms with Gasteiger partial charge in [0, 0.05) is 12.1 Å². The summed E-state index contributed by atoms with van der Waals surface area (Å²) < 4.78 is 5.29. The Morgan fingerprint density at radius 1 is 1.18 bits per heavy atom. The van der Waals surface area contributed by atoms with E-state index in [4.69, 9.17) is 4.42 Å². The molecule has 0 bridgehead atoms. The van der Waals surface area contributed by atoms with Crippen molar-refractivity contribution in [1.29, 1.82) is 0 Å². The number of benzene rings is 1. The Morgan fingerprint density at radius 2 is 2.09 bits per heavy atom. The molecule has 0 saturated heterocycles. The van der Waals surface area contributed by atoms with E-state index in [9.17, 15) is 0 Å². The van der Waals surface area contributed by atoms with Gasteiger partial charge >= 0.3 is 11.8 Å². The molecule has 1 nitrogen and oxygen atoms in total. The van der Waals surface area contributed by atoms with E-state index in [0.717, 1.165) is 11.0 Å². The first-order valence-corrected chi connectivity index (χ1v) is 3.63. The molecular formula is C10H9O+. The predicted octanol–water partition coefficient (Wildman–Crippen LogP) is 3.02. The molecule has 0 N–H and O–H groups in total. The molecule has 11 heavy (non-hydrogen) atoms. The van der Waals surface area contributed by atoms with Crippen molar-refractivity contribution in [2.24, 2.45) is 0 Å². The lowest BCUT2D eigenvalue weighted by atomic mass is 10.2. The van der Waals surface area contributed by atoms with Gasteiger partial charge in [0.1, 0.15) is 0 Å². The average molecular weight is 145 g/mol. The van der Waals surface area contributed by atoms with Gasteiger partial charge in [0.05, 0.1) is 5.39 Å². The first kappa shape index (κ1) is 6.35. The van der Waals surface area contributed by atoms with Crippen molar-refractivity contribution in [3.63, 3.8) is 0 Å². The minimum absolute atomic E-state index is 0.951. The lowest BCUT2D eigenvalue weighted by Crippen LogP contribution is -1.73. The predicted molar refractivity (Wildman–Crippen MR) is 45.4 cm³/mol. The molecule has 54 valence electrons. The van der Waals surface area contributed by atoms with Gasteiger partial charge in [0.2, 0.25) is 0 Å². The van der Waals surface area contributed by atoms with Gasteiger partial charge in [-0.15, -0.1) is 0 Å². The van der Waals surface area contributed by atoms with Crippen LogP contribution in [-0.2, 0) is 0 Å². The van der Waals surface area contributed by atoms with Gasteiger partial charge in [-0.25, -0.2) is 4.42 Å². The molecule has 1 aromatic heterocycles. The summed E-state index contributed by atoms with van der Waals surface area (Å²) in [6.45, 7) is 2.06. The molecule has 2 aromatic rings. The van der Waals surface area contributed by atoms with Crippen LogP contribution < -0.4 is 0 Å². The van der Waals surface area contributed by atoms with Gasteiger partial charge < -0.3 is 0 Å². The summed E-state index contributed by atoms with van der Waals surface area (Å²) in [6, 6.07) is 10.1. The highest BCUT2D eigenvalue weighted by Crippen LogP contribution is 2.14. The number of hydrogen-bond acceptors (Lipinski definition) is 0. The zero-order valence-electron chi connectivity index (χ0n) is 6.37. The third kappa shape index (κ3) is 1.09. The van der Waals surface area contributed by atoms with Crippen molar-refractivity contribution in [3.8, 4) is 0 Å². The SMILES string of the molecule is Cc1ccc2ccc[o+]c2c1. The fourth-order valence-corrected chi connectivity index (χ4v) is 1.14. The molecule has 1 aromatic carbocycles. The largest absolute Gasteiger partial charge is 0.360 e. The number of fused-ring (bicyclic) bond motifs is 1. The van der Waals surface area contributed by atoms with E-state index in [2.05, 4.69) is 19.1 Å². The fourth-order valence-electron chi connectivity index (χ4n) is 1.14. The van der Waals surface area contributed by atoms with Crippen LogP contribution in [0.25, 0.3) is 11.0 Å². The van der Waals surface area contributed by atoms with Crippen LogP contribution in [0.4, 0.5) is 0 Å². The van der Waals surface area contributed by atoms with Crippen LogP contribution >= 0.6 is 0 Å². The summed E-state index contributed by atoms with van der Waals surface area (Å²) in [5, 5.41) is 1.15. The molecule has 0 radical (unpaired) electrons. The number of hydrogen-bond donors (Lipinski definition) is 0. The van der Waals surface area contributed by atoms with Gasteiger partial charge in [0.25, 0.3) is 0 Å². The molecule has 0 fully saturated rings. The van der Waals surface area contributed by atoms with Crippen LogP contribution in [0.15, 0.2) is 41.0 Å². The Balaban J connectivity index is 2.83. The van der Waals surface area contributed by atoms with Crippen molar-refractivity contribution < 1.29 is 4.42 Å². The molecule has 0 saturated carbocycles. The molecule has 0 aliphatic heterocycles. The van der Waals surface area contributed by atoms with Crippen molar-refractivity contribution >= 4 is 11.0 Å². The van der Waals surface area contributed by atoms with Crippen LogP contribution in [-0.4, -0.2) is 0 Å². The Labute approximate surface area is 65.3 Å². The molecule has 0 atom stereocenters. The van der Waals surface area contributed by atoms with E-state index in [1.807, 2.05) is 18.2 Å². The summed E-state index contributed by atoms with van der Waals surface area (Å²) in [5.74, 6) is 0. The maximum absolute atomic E-state index is 5.29. The highest BCUT2D eigenvalue weighted by Gasteiger charge is 2.02. The number of aryl methyl sites for hydroxylation is 1. The van der Waals surface area contributed by atoms with Gasteiger partial charge in [-0.2, -0.15) is 0 Å². The lowest BCUT2D eigenvalue weighted by molar-refractivity contribution is 0.603. The molecule has 0 aliphatic rings. The van der Waals surface area contributed by atoms with Crippen LogP contribution in [0.5, 0.6) is 0 Å². The second-order valence-corrected chi connectivity index (χ2v) is 2.65. The van der Waals surface area contributed by atoms with Gasteiger partial charge in [0.15, 0.2) is 0 Å². The summed E-state index contributed by atoms with van der Waals surface area (Å²) in [4.78, 5) is 0. The van der Waals surface area contributed by atoms with Gasteiger partial charge in [-0.3, -0.25) is 0 Å². The van der Waals surface area contributed by atoms with Gasteiger partial charge in [-0.1, -0.05) is 6.07 Å². The molecule has 1 heteroatoms. The van der Waals surface area contributed by atoms with Crippen molar-refractivity contribution in [3.05, 3.63) is 42.2 Å². The minimum atomic E-state index is 0.951. The normalized spacial score (nSPS) is 10.3. The average Bonchev–Trinajstić information content (AvgIpc) is 2.04. The monoisotopic (exact) mass is 145 g/mol. The highest BCUT2D eigenvalue weighted by atomic mass is 16.3. The van der Waals surface area contributed by atoms with Crippen LogP contribution in [0.1, 0.15) is 5.56 Å². The van der Waals surface area contributed by atoms with E-state index < -0.39 is 0 Å². The Kier molecular flexibility index (Phi) is 1.35. The molecular weight excluding hydrogens is 136 g/mol. The van der Waals surface area contributed by atoms with Gasteiger partial charge in [-0.05, 0) is 24.6 Å². The summed E-state index contributed by atoms with van der Waals surface area (Å²) in [5.41, 5.74) is 2.18. The molecule has 2 rings (SSSR count). The third-order valence-electron chi connectivity index (χ3n) is 1.72. The summed E-state index contributed by atoms with van der Waals surface area (Å²) in [6.07, 6.45) is 1.70. The van der Waals surface area contributed by atoms with Crippen LogP contribution in [0, 0.1) is 6.92 Å². The van der Waals surface area contributed by atoms with E-state index >= 15 is 0 Å². The number of rotatable bonds is 0. The smallest absolute Gasteiger partial charge is 0.216 e. The van der Waals surface area contributed by atoms with Crippen molar-refractivity contribution in [2.45, 2.75) is 6.92 Å². The fraction of sp³-hybridized carbons (Fsp3) is 0.100. The first-order chi connectivity index (χ1) is 5.36. The Morgan fingerprint density at radius 3 is 3.00 bits per heavy atom. The molecule has 0 aliphatic carbocycles. The minimum Gasteiger partial charge on any atom is -0.216 e. The maximum atomic E-state index is 5.29. The molecule has 0 spiro atoms. The third-order valence-corrected chi connectivity index (χ3v) is 1.72. The topological polar surface area (TPSA) is 11.3 Å². The van der Waals surface area contributed by atoms with Crippen LogP contribution in [0.3, 0.4) is 0 Å². The highest BCUT2D eigenvalue weighted by molar-refractivity contribution is 5.76. The Hall–Kier alpha value is -1.37. The standard InChI is InChI=1S/C10H9O/c1-8-4-5-9-3-2-6-11-10(9)7-8/h2-7H,1H3/q+1. The molecule has 0 amide bonds. The summed E-state index contributed by atoms with van der Waals surface area (Å²) >= 11 is 0. The van der Waals surface area contributed by atoms with E-state index in [1.54, 1.807) is 6.26 Å². The molecule has 1 heterocycles. The first-order valence-electron chi connectivity index (χ1n) is 3.63. The molecule has 0 unspecified atom stereocenters. The second-order valence-electron chi connectivity index (χ2n) is 2.65. The lowest BCUT2D eigenvalue weighted by Gasteiger charge is -1.87. The second kappa shape index (κ2) is 2.35. The quantitative estimate of drug-likeness (QED) is 0.518.